The summed E-state index contributed by atoms with van der Waals surface area (Å²) in [6, 6.07) is 13.3. The summed E-state index contributed by atoms with van der Waals surface area (Å²) in [5.41, 5.74) is 0.197. The van der Waals surface area contributed by atoms with E-state index in [0.717, 1.165) is 11.1 Å². The van der Waals surface area contributed by atoms with Crippen LogP contribution >= 0.6 is 11.6 Å². The van der Waals surface area contributed by atoms with Gasteiger partial charge in [0.15, 0.2) is 0 Å². The summed E-state index contributed by atoms with van der Waals surface area (Å²) in [5.74, 6) is -2.56. The quantitative estimate of drug-likeness (QED) is 0.437. The van der Waals surface area contributed by atoms with Crippen LogP contribution in [0.3, 0.4) is 0 Å². The number of aliphatic hydroxyl groups excluding tert-OH is 1. The average Bonchev–Trinajstić information content (AvgIpc) is 3.55. The SMILES string of the molecule is CC[C@@H](CO)N1C(=O)[C@@H]2[C@@H](C(=O)NCc3ccccc3)[C@@]3(CC)CCC2(O3)C1C(=O)Nc1c(C)cccc1Cl. The molecule has 0 saturated carbocycles. The van der Waals surface area contributed by atoms with E-state index in [9.17, 15) is 19.5 Å². The maximum atomic E-state index is 14.2. The van der Waals surface area contributed by atoms with Crippen molar-refractivity contribution < 1.29 is 24.2 Å². The number of nitrogens with zero attached hydrogens (tertiary/aromatic N) is 1. The molecule has 3 heterocycles. The molecule has 3 aliphatic heterocycles. The Hall–Kier alpha value is -2.94. The Bertz CT molecular complexity index is 1250. The fraction of sp³-hybridized carbons (Fsp3) is 0.500. The first-order valence-electron chi connectivity index (χ1n) is 13.7. The molecule has 2 aromatic carbocycles. The summed E-state index contributed by atoms with van der Waals surface area (Å²) in [4.78, 5) is 43.6. The van der Waals surface area contributed by atoms with Gasteiger partial charge >= 0.3 is 0 Å². The summed E-state index contributed by atoms with van der Waals surface area (Å²) >= 11 is 6.43. The normalized spacial score (nSPS) is 29.8. The molecule has 2 unspecified atom stereocenters. The van der Waals surface area contributed by atoms with Gasteiger partial charge in [-0.3, -0.25) is 14.4 Å². The molecule has 0 aliphatic carbocycles. The van der Waals surface area contributed by atoms with Crippen LogP contribution in [-0.2, 0) is 25.7 Å². The van der Waals surface area contributed by atoms with Crippen molar-refractivity contribution >= 4 is 35.0 Å². The fourth-order valence-electron chi connectivity index (χ4n) is 7.04. The van der Waals surface area contributed by atoms with Crippen LogP contribution in [-0.4, -0.2) is 57.6 Å². The zero-order chi connectivity index (χ0) is 27.9. The lowest BCUT2D eigenvalue weighted by Crippen LogP contribution is -2.56. The minimum atomic E-state index is -1.18. The molecule has 0 aromatic heterocycles. The van der Waals surface area contributed by atoms with E-state index in [1.165, 1.54) is 4.90 Å². The summed E-state index contributed by atoms with van der Waals surface area (Å²) in [7, 11) is 0. The Morgan fingerprint density at radius 2 is 1.87 bits per heavy atom. The smallest absolute Gasteiger partial charge is 0.250 e. The van der Waals surface area contributed by atoms with Crippen LogP contribution in [0, 0.1) is 18.8 Å². The number of para-hydroxylation sites is 1. The van der Waals surface area contributed by atoms with Crippen LogP contribution in [0.25, 0.3) is 0 Å². The number of hydrogen-bond donors (Lipinski definition) is 3. The number of likely N-dealkylation sites (tertiary alicyclic amines) is 1. The lowest BCUT2D eigenvalue weighted by molar-refractivity contribution is -0.149. The number of carbonyl (C=O) groups is 3. The van der Waals surface area contributed by atoms with Gasteiger partial charge in [-0.25, -0.2) is 0 Å². The van der Waals surface area contributed by atoms with E-state index < -0.39 is 41.0 Å². The summed E-state index contributed by atoms with van der Waals surface area (Å²) < 4.78 is 6.78. The van der Waals surface area contributed by atoms with Gasteiger partial charge in [0.05, 0.1) is 40.8 Å². The third kappa shape index (κ3) is 4.33. The first-order valence-corrected chi connectivity index (χ1v) is 14.1. The number of aliphatic hydroxyl groups is 1. The molecule has 3 amide bonds. The van der Waals surface area contributed by atoms with Gasteiger partial charge in [0.1, 0.15) is 11.6 Å². The highest BCUT2D eigenvalue weighted by Crippen LogP contribution is 2.64. The summed E-state index contributed by atoms with van der Waals surface area (Å²) in [5, 5.41) is 16.6. The molecule has 2 aromatic rings. The lowest BCUT2D eigenvalue weighted by atomic mass is 9.65. The Morgan fingerprint density at radius 1 is 1.13 bits per heavy atom. The molecule has 208 valence electrons. The predicted molar refractivity (Wildman–Crippen MR) is 148 cm³/mol. The number of benzene rings is 2. The molecule has 39 heavy (non-hydrogen) atoms. The van der Waals surface area contributed by atoms with Crippen LogP contribution < -0.4 is 10.6 Å². The van der Waals surface area contributed by atoms with Crippen molar-refractivity contribution in [2.75, 3.05) is 11.9 Å². The molecule has 2 bridgehead atoms. The van der Waals surface area contributed by atoms with Gasteiger partial charge in [-0.05, 0) is 49.8 Å². The second-order valence-corrected chi connectivity index (χ2v) is 11.4. The summed E-state index contributed by atoms with van der Waals surface area (Å²) in [6.45, 7) is 5.70. The highest BCUT2D eigenvalue weighted by Gasteiger charge is 2.79. The standard InChI is InChI=1S/C30H36ClN3O5/c1-4-20(17-35)34-25(27(37)33-24-18(3)10-9-13-21(24)31)30-15-14-29(5-2,39-30)22(23(30)28(34)38)26(36)32-16-19-11-7-6-8-12-19/h6-13,20,22-23,25,35H,4-5,14-17H2,1-3H3,(H,32,36)(H,33,37)/t20-,22-,23-,25?,29+,30?/m0/s1. The number of nitrogens with one attached hydrogen (secondary N) is 2. The zero-order valence-corrected chi connectivity index (χ0v) is 23.3. The average molecular weight is 554 g/mol. The number of hydrogen-bond acceptors (Lipinski definition) is 5. The minimum Gasteiger partial charge on any atom is -0.394 e. The maximum absolute atomic E-state index is 14.2. The molecule has 1 spiro atoms. The van der Waals surface area contributed by atoms with Crippen molar-refractivity contribution in [1.82, 2.24) is 10.2 Å². The molecule has 3 aliphatic rings. The van der Waals surface area contributed by atoms with Gasteiger partial charge in [-0.15, -0.1) is 0 Å². The molecule has 0 radical (unpaired) electrons. The topological polar surface area (TPSA) is 108 Å². The van der Waals surface area contributed by atoms with E-state index in [-0.39, 0.29) is 18.4 Å². The van der Waals surface area contributed by atoms with E-state index in [1.54, 1.807) is 12.1 Å². The maximum Gasteiger partial charge on any atom is 0.250 e. The first kappa shape index (κ1) is 27.6. The van der Waals surface area contributed by atoms with Gasteiger partial charge < -0.3 is 25.4 Å². The number of halogens is 1. The second-order valence-electron chi connectivity index (χ2n) is 10.9. The number of anilines is 1. The molecule has 8 nitrogen and oxygen atoms in total. The Balaban J connectivity index is 1.53. The van der Waals surface area contributed by atoms with E-state index >= 15 is 0 Å². The van der Waals surface area contributed by atoms with Crippen LogP contribution in [0.4, 0.5) is 5.69 Å². The number of ether oxygens (including phenoxy) is 1. The minimum absolute atomic E-state index is 0.249. The van der Waals surface area contributed by atoms with Crippen LogP contribution in [0.5, 0.6) is 0 Å². The largest absolute Gasteiger partial charge is 0.394 e. The number of rotatable bonds is 9. The highest BCUT2D eigenvalue weighted by molar-refractivity contribution is 6.34. The first-order chi connectivity index (χ1) is 18.7. The molecular weight excluding hydrogens is 518 g/mol. The van der Waals surface area contributed by atoms with Crippen molar-refractivity contribution in [2.45, 2.75) is 76.3 Å². The van der Waals surface area contributed by atoms with Gasteiger partial charge in [0.25, 0.3) is 0 Å². The van der Waals surface area contributed by atoms with Crippen LogP contribution in [0.2, 0.25) is 5.02 Å². The summed E-state index contributed by atoms with van der Waals surface area (Å²) in [6.07, 6.45) is 2.02. The van der Waals surface area contributed by atoms with Gasteiger partial charge in [-0.2, -0.15) is 0 Å². The molecule has 3 fully saturated rings. The van der Waals surface area contributed by atoms with E-state index in [0.29, 0.717) is 42.9 Å². The molecule has 6 atom stereocenters. The van der Waals surface area contributed by atoms with Crippen molar-refractivity contribution in [3.8, 4) is 0 Å². The molecule has 9 heteroatoms. The third-order valence-electron chi connectivity index (χ3n) is 9.00. The molecule has 3 N–H and O–H groups in total. The third-order valence-corrected chi connectivity index (χ3v) is 9.32. The van der Waals surface area contributed by atoms with Crippen LogP contribution in [0.15, 0.2) is 48.5 Å². The molecule has 5 rings (SSSR count). The fourth-order valence-corrected chi connectivity index (χ4v) is 7.31. The highest BCUT2D eigenvalue weighted by atomic mass is 35.5. The van der Waals surface area contributed by atoms with Crippen molar-refractivity contribution in [2.24, 2.45) is 11.8 Å². The van der Waals surface area contributed by atoms with Gasteiger partial charge in [0, 0.05) is 6.54 Å². The number of aryl methyl sites for hydroxylation is 1. The lowest BCUT2D eigenvalue weighted by Gasteiger charge is -2.37. The number of carbonyl (C=O) groups excluding carboxylic acids is 3. The number of amides is 3. The monoisotopic (exact) mass is 553 g/mol. The van der Waals surface area contributed by atoms with E-state index in [1.807, 2.05) is 57.2 Å². The van der Waals surface area contributed by atoms with Gasteiger partial charge in [0.2, 0.25) is 17.7 Å². The Labute approximate surface area is 234 Å². The van der Waals surface area contributed by atoms with E-state index in [2.05, 4.69) is 10.6 Å². The number of fused-ring (bicyclic) bond motifs is 1. The molecule has 3 saturated heterocycles. The predicted octanol–water partition coefficient (Wildman–Crippen LogP) is 3.83. The van der Waals surface area contributed by atoms with Crippen molar-refractivity contribution in [1.29, 1.82) is 0 Å². The van der Waals surface area contributed by atoms with Crippen LogP contribution in [0.1, 0.15) is 50.7 Å². The van der Waals surface area contributed by atoms with Gasteiger partial charge in [-0.1, -0.05) is 67.9 Å². The second kappa shape index (κ2) is 10.6. The van der Waals surface area contributed by atoms with Crippen molar-refractivity contribution in [3.05, 3.63) is 64.7 Å². The molecular formula is C30H36ClN3O5. The van der Waals surface area contributed by atoms with Crippen molar-refractivity contribution in [3.63, 3.8) is 0 Å². The van der Waals surface area contributed by atoms with E-state index in [4.69, 9.17) is 16.3 Å². The zero-order valence-electron chi connectivity index (χ0n) is 22.6. The Kier molecular flexibility index (Phi) is 7.48. The Morgan fingerprint density at radius 3 is 2.51 bits per heavy atom.